The van der Waals surface area contributed by atoms with E-state index in [1.807, 2.05) is 0 Å². The fourth-order valence-electron chi connectivity index (χ4n) is 2.11. The molecule has 0 saturated carbocycles. The molecular formula is C16H32NaO. The van der Waals surface area contributed by atoms with Crippen molar-refractivity contribution < 1.29 is 4.74 Å². The Morgan fingerprint density at radius 2 is 1.11 bits per heavy atom. The van der Waals surface area contributed by atoms with Gasteiger partial charge in [-0.15, -0.1) is 0 Å². The van der Waals surface area contributed by atoms with Crippen LogP contribution in [0.15, 0.2) is 12.8 Å². The normalized spacial score (nSPS) is 9.83. The van der Waals surface area contributed by atoms with Gasteiger partial charge in [-0.25, -0.2) is 0 Å². The Morgan fingerprint density at radius 1 is 0.722 bits per heavy atom. The molecule has 18 heavy (non-hydrogen) atoms. The molecule has 0 aromatic rings. The quantitative estimate of drug-likeness (QED) is 0.229. The minimum atomic E-state index is 0. The molecule has 0 aliphatic rings. The van der Waals surface area contributed by atoms with E-state index >= 15 is 0 Å². The largest absolute Gasteiger partial charge is 0.502 e. The van der Waals surface area contributed by atoms with Crippen molar-refractivity contribution in [3.63, 3.8) is 0 Å². The number of hydrogen-bond acceptors (Lipinski definition) is 1. The first-order valence-corrected chi connectivity index (χ1v) is 7.64. The molecule has 1 radical (unpaired) electrons. The Balaban J connectivity index is 0. The van der Waals surface area contributed by atoms with E-state index in [0.29, 0.717) is 0 Å². The molecule has 0 N–H and O–H groups in total. The summed E-state index contributed by atoms with van der Waals surface area (Å²) in [6, 6.07) is 0. The van der Waals surface area contributed by atoms with E-state index in [1.54, 1.807) is 6.26 Å². The van der Waals surface area contributed by atoms with Gasteiger partial charge in [0.15, 0.2) is 0 Å². The maximum absolute atomic E-state index is 5.09. The standard InChI is InChI=1S/C16H32O.Na/c1-3-5-6-7-8-9-10-11-12-13-14-15-16-17-4-2;/h4H,2-3,5-16H2,1H3;. The molecule has 0 aliphatic heterocycles. The van der Waals surface area contributed by atoms with E-state index in [4.69, 9.17) is 4.74 Å². The van der Waals surface area contributed by atoms with E-state index in [-0.39, 0.29) is 29.6 Å². The maximum atomic E-state index is 5.09. The van der Waals surface area contributed by atoms with Crippen molar-refractivity contribution in [3.05, 3.63) is 12.8 Å². The number of ether oxygens (including phenoxy) is 1. The van der Waals surface area contributed by atoms with Crippen LogP contribution >= 0.6 is 0 Å². The van der Waals surface area contributed by atoms with Gasteiger partial charge in [-0.2, -0.15) is 0 Å². The second-order valence-electron chi connectivity index (χ2n) is 4.93. The zero-order valence-electron chi connectivity index (χ0n) is 12.9. The predicted molar refractivity (Wildman–Crippen MR) is 83.0 cm³/mol. The van der Waals surface area contributed by atoms with Crippen molar-refractivity contribution in [1.82, 2.24) is 0 Å². The molecule has 0 aliphatic carbocycles. The first-order chi connectivity index (χ1) is 8.41. The summed E-state index contributed by atoms with van der Waals surface area (Å²) >= 11 is 0. The van der Waals surface area contributed by atoms with Crippen LogP contribution in [0.3, 0.4) is 0 Å². The zero-order valence-corrected chi connectivity index (χ0v) is 14.9. The maximum Gasteiger partial charge on any atom is 0.0873 e. The molecule has 103 valence electrons. The number of rotatable bonds is 14. The summed E-state index contributed by atoms with van der Waals surface area (Å²) in [6.07, 6.45) is 18.3. The third kappa shape index (κ3) is 18.9. The summed E-state index contributed by atoms with van der Waals surface area (Å²) in [5.74, 6) is 0. The molecule has 2 heteroatoms. The van der Waals surface area contributed by atoms with Crippen LogP contribution < -0.4 is 0 Å². The first kappa shape index (κ1) is 20.8. The van der Waals surface area contributed by atoms with Crippen LogP contribution in [-0.2, 0) is 4.74 Å². The predicted octanol–water partition coefficient (Wildman–Crippen LogP) is 5.47. The first-order valence-electron chi connectivity index (χ1n) is 7.64. The molecule has 0 aromatic heterocycles. The van der Waals surface area contributed by atoms with Crippen LogP contribution in [0.2, 0.25) is 0 Å². The Morgan fingerprint density at radius 3 is 1.50 bits per heavy atom. The van der Waals surface area contributed by atoms with Gasteiger partial charge in [0.1, 0.15) is 0 Å². The number of hydrogen-bond donors (Lipinski definition) is 0. The Hall–Kier alpha value is 0.540. The molecular weight excluding hydrogens is 231 g/mol. The van der Waals surface area contributed by atoms with E-state index < -0.39 is 0 Å². The average molecular weight is 263 g/mol. The average Bonchev–Trinajstić information content (AvgIpc) is 2.35. The second kappa shape index (κ2) is 19.9. The second-order valence-corrected chi connectivity index (χ2v) is 4.93. The van der Waals surface area contributed by atoms with Crippen molar-refractivity contribution in [2.75, 3.05) is 6.61 Å². The van der Waals surface area contributed by atoms with Crippen molar-refractivity contribution >= 4 is 29.6 Å². The van der Waals surface area contributed by atoms with Gasteiger partial charge in [0, 0.05) is 29.6 Å². The van der Waals surface area contributed by atoms with Crippen LogP contribution in [0, 0.1) is 0 Å². The fourth-order valence-corrected chi connectivity index (χ4v) is 2.11. The molecule has 0 saturated heterocycles. The third-order valence-electron chi connectivity index (χ3n) is 3.23. The van der Waals surface area contributed by atoms with Gasteiger partial charge in [0.25, 0.3) is 0 Å². The molecule has 0 spiro atoms. The molecule has 0 fully saturated rings. The van der Waals surface area contributed by atoms with Crippen molar-refractivity contribution in [2.24, 2.45) is 0 Å². The Kier molecular flexibility index (Phi) is 23.0. The van der Waals surface area contributed by atoms with Gasteiger partial charge in [-0.05, 0) is 6.42 Å². The van der Waals surface area contributed by atoms with Gasteiger partial charge in [0.05, 0.1) is 12.9 Å². The molecule has 0 bridgehead atoms. The van der Waals surface area contributed by atoms with Gasteiger partial charge in [0.2, 0.25) is 0 Å². The van der Waals surface area contributed by atoms with Crippen LogP contribution in [0.25, 0.3) is 0 Å². The van der Waals surface area contributed by atoms with Crippen molar-refractivity contribution in [2.45, 2.75) is 84.0 Å². The molecule has 0 atom stereocenters. The molecule has 0 amide bonds. The van der Waals surface area contributed by atoms with Gasteiger partial charge in [-0.3, -0.25) is 0 Å². The third-order valence-corrected chi connectivity index (χ3v) is 3.23. The minimum Gasteiger partial charge on any atom is -0.502 e. The molecule has 0 unspecified atom stereocenters. The Labute approximate surface area is 137 Å². The summed E-state index contributed by atoms with van der Waals surface area (Å²) in [5.41, 5.74) is 0. The van der Waals surface area contributed by atoms with Gasteiger partial charge < -0.3 is 4.74 Å². The van der Waals surface area contributed by atoms with E-state index in [9.17, 15) is 0 Å². The SMILES string of the molecule is C=COCCCCCCCCCCCCCC.[Na]. The zero-order chi connectivity index (χ0) is 12.6. The van der Waals surface area contributed by atoms with Gasteiger partial charge in [-0.1, -0.05) is 84.1 Å². The summed E-state index contributed by atoms with van der Waals surface area (Å²) in [6.45, 7) is 6.66. The summed E-state index contributed by atoms with van der Waals surface area (Å²) in [5, 5.41) is 0. The molecule has 0 heterocycles. The fraction of sp³-hybridized carbons (Fsp3) is 0.875. The molecule has 0 rings (SSSR count). The van der Waals surface area contributed by atoms with Gasteiger partial charge >= 0.3 is 0 Å². The topological polar surface area (TPSA) is 9.23 Å². The minimum absolute atomic E-state index is 0. The van der Waals surface area contributed by atoms with Crippen LogP contribution in [0.1, 0.15) is 84.0 Å². The summed E-state index contributed by atoms with van der Waals surface area (Å²) in [7, 11) is 0. The van der Waals surface area contributed by atoms with Crippen LogP contribution in [-0.4, -0.2) is 36.2 Å². The van der Waals surface area contributed by atoms with Crippen LogP contribution in [0.4, 0.5) is 0 Å². The van der Waals surface area contributed by atoms with Crippen molar-refractivity contribution in [1.29, 1.82) is 0 Å². The smallest absolute Gasteiger partial charge is 0.0873 e. The summed E-state index contributed by atoms with van der Waals surface area (Å²) < 4.78 is 5.09. The van der Waals surface area contributed by atoms with Crippen molar-refractivity contribution in [3.8, 4) is 0 Å². The van der Waals surface area contributed by atoms with E-state index in [1.165, 1.54) is 77.0 Å². The monoisotopic (exact) mass is 263 g/mol. The Bertz CT molecular complexity index is 148. The molecule has 1 nitrogen and oxygen atoms in total. The summed E-state index contributed by atoms with van der Waals surface area (Å²) in [4.78, 5) is 0. The van der Waals surface area contributed by atoms with Crippen LogP contribution in [0.5, 0.6) is 0 Å². The van der Waals surface area contributed by atoms with E-state index in [0.717, 1.165) is 6.61 Å². The number of unbranched alkanes of at least 4 members (excludes halogenated alkanes) is 11. The van der Waals surface area contributed by atoms with E-state index in [2.05, 4.69) is 13.5 Å². The molecule has 0 aromatic carbocycles.